The molecule has 2 aromatic rings. The second-order valence-corrected chi connectivity index (χ2v) is 4.07. The largest absolute Gasteiger partial charge is 0.465 e. The number of rotatable bonds is 4. The zero-order chi connectivity index (χ0) is 15.2. The quantitative estimate of drug-likeness (QED) is 0.641. The van der Waals surface area contributed by atoms with Gasteiger partial charge < -0.3 is 10.1 Å². The lowest BCUT2D eigenvalue weighted by Crippen LogP contribution is -2.02. The number of anilines is 1. The molecule has 0 aliphatic rings. The molecule has 0 bridgehead atoms. The zero-order valence-corrected chi connectivity index (χ0v) is 11.4. The average Bonchev–Trinajstić information content (AvgIpc) is 3.02. The highest BCUT2D eigenvalue weighted by Gasteiger charge is 2.08. The number of carbonyl (C=O) groups excluding carboxylic acids is 1. The highest BCUT2D eigenvalue weighted by molar-refractivity contribution is 5.90. The Balaban J connectivity index is 2.21. The number of H-pyrrole nitrogens is 1. The average molecular weight is 284 g/mol. The van der Waals surface area contributed by atoms with Gasteiger partial charge in [-0.05, 0) is 35.9 Å². The molecule has 0 unspecified atom stereocenters. The van der Waals surface area contributed by atoms with Crippen LogP contribution >= 0.6 is 0 Å². The van der Waals surface area contributed by atoms with Gasteiger partial charge in [0.25, 0.3) is 0 Å². The number of allylic oxidation sites excluding steroid dienone is 1. The van der Waals surface area contributed by atoms with Crippen LogP contribution in [0.1, 0.15) is 21.7 Å². The van der Waals surface area contributed by atoms with Crippen LogP contribution in [0.25, 0.3) is 5.57 Å². The number of ether oxygens (including phenoxy) is 1. The summed E-state index contributed by atoms with van der Waals surface area (Å²) in [5, 5.41) is 25.2. The summed E-state index contributed by atoms with van der Waals surface area (Å²) in [6.45, 7) is 1.84. The number of nitrogens with one attached hydrogen (secondary N) is 2. The van der Waals surface area contributed by atoms with E-state index in [2.05, 4.69) is 30.7 Å². The van der Waals surface area contributed by atoms with Crippen LogP contribution in [0, 0.1) is 18.3 Å². The number of aromatic nitrogens is 4. The first-order valence-corrected chi connectivity index (χ1v) is 5.95. The van der Waals surface area contributed by atoms with E-state index in [0.29, 0.717) is 5.56 Å². The number of carbonyl (C=O) groups is 1. The van der Waals surface area contributed by atoms with Gasteiger partial charge in [0.05, 0.1) is 12.7 Å². The van der Waals surface area contributed by atoms with E-state index < -0.39 is 5.97 Å². The molecule has 0 atom stereocenters. The van der Waals surface area contributed by atoms with Gasteiger partial charge in [0.15, 0.2) is 0 Å². The molecule has 1 aromatic heterocycles. The molecular weight excluding hydrogens is 272 g/mol. The van der Waals surface area contributed by atoms with Gasteiger partial charge in [-0.3, -0.25) is 0 Å². The topological polar surface area (TPSA) is 117 Å². The third kappa shape index (κ3) is 3.22. The second kappa shape index (κ2) is 6.29. The van der Waals surface area contributed by atoms with E-state index in [-0.39, 0.29) is 11.4 Å². The van der Waals surface area contributed by atoms with Crippen LogP contribution in [0.2, 0.25) is 0 Å². The lowest BCUT2D eigenvalue weighted by atomic mass is 10.1. The Bertz CT molecular complexity index is 715. The molecule has 8 nitrogen and oxygen atoms in total. The smallest absolute Gasteiger partial charge is 0.337 e. The highest BCUT2D eigenvalue weighted by Crippen LogP contribution is 2.18. The summed E-state index contributed by atoms with van der Waals surface area (Å²) in [6.07, 6.45) is 1.48. The molecule has 0 aliphatic heterocycles. The number of esters is 1. The van der Waals surface area contributed by atoms with Crippen molar-refractivity contribution in [3.05, 3.63) is 41.4 Å². The lowest BCUT2D eigenvalue weighted by Gasteiger charge is -2.07. The van der Waals surface area contributed by atoms with Crippen LogP contribution in [-0.2, 0) is 4.74 Å². The van der Waals surface area contributed by atoms with Crippen LogP contribution in [0.4, 0.5) is 5.69 Å². The van der Waals surface area contributed by atoms with Crippen molar-refractivity contribution in [2.45, 2.75) is 6.92 Å². The minimum absolute atomic E-state index is 0.203. The van der Waals surface area contributed by atoms with Gasteiger partial charge in [-0.1, -0.05) is 0 Å². The fourth-order valence-corrected chi connectivity index (χ4v) is 1.64. The van der Waals surface area contributed by atoms with Crippen LogP contribution in [-0.4, -0.2) is 33.7 Å². The minimum Gasteiger partial charge on any atom is -0.465 e. The molecule has 0 saturated heterocycles. The predicted octanol–water partition coefficient (Wildman–Crippen LogP) is 1.27. The summed E-state index contributed by atoms with van der Waals surface area (Å²) in [4.78, 5) is 11.4. The third-order valence-corrected chi connectivity index (χ3v) is 2.73. The molecule has 1 heterocycles. The number of aryl methyl sites for hydroxylation is 1. The number of hydrogen-bond donors (Lipinski definition) is 2. The van der Waals surface area contributed by atoms with Crippen LogP contribution < -0.4 is 5.32 Å². The Labute approximate surface area is 120 Å². The summed E-state index contributed by atoms with van der Waals surface area (Å²) in [5.41, 5.74) is 2.28. The van der Waals surface area contributed by atoms with E-state index in [4.69, 9.17) is 5.26 Å². The van der Waals surface area contributed by atoms with Crippen molar-refractivity contribution in [1.29, 1.82) is 5.26 Å². The van der Waals surface area contributed by atoms with Crippen LogP contribution in [0.3, 0.4) is 0 Å². The molecule has 0 spiro atoms. The summed E-state index contributed by atoms with van der Waals surface area (Å²) >= 11 is 0. The monoisotopic (exact) mass is 284 g/mol. The van der Waals surface area contributed by atoms with E-state index >= 15 is 0 Å². The maximum Gasteiger partial charge on any atom is 0.337 e. The molecule has 1 aromatic carbocycles. The van der Waals surface area contributed by atoms with Crippen molar-refractivity contribution in [1.82, 2.24) is 20.6 Å². The van der Waals surface area contributed by atoms with Gasteiger partial charge in [-0.2, -0.15) is 10.5 Å². The fraction of sp³-hybridized carbons (Fsp3) is 0.154. The van der Waals surface area contributed by atoms with E-state index in [0.717, 1.165) is 11.3 Å². The normalized spacial score (nSPS) is 10.8. The summed E-state index contributed by atoms with van der Waals surface area (Å²) in [6, 6.07) is 7.03. The Morgan fingerprint density at radius 2 is 2.33 bits per heavy atom. The van der Waals surface area contributed by atoms with Crippen LogP contribution in [0.5, 0.6) is 0 Å². The van der Waals surface area contributed by atoms with Crippen molar-refractivity contribution >= 4 is 17.2 Å². The van der Waals surface area contributed by atoms with Gasteiger partial charge in [0, 0.05) is 11.9 Å². The number of benzene rings is 1. The number of aromatic amines is 1. The number of tetrazole rings is 1. The number of nitriles is 1. The Morgan fingerprint density at radius 3 is 2.90 bits per heavy atom. The fourth-order valence-electron chi connectivity index (χ4n) is 1.64. The molecule has 2 rings (SSSR count). The lowest BCUT2D eigenvalue weighted by molar-refractivity contribution is 0.0600. The molecule has 0 aliphatic carbocycles. The van der Waals surface area contributed by atoms with Gasteiger partial charge in [0.2, 0.25) is 5.82 Å². The van der Waals surface area contributed by atoms with Crippen molar-refractivity contribution in [2.24, 2.45) is 0 Å². The molecule has 0 saturated carbocycles. The summed E-state index contributed by atoms with van der Waals surface area (Å²) < 4.78 is 4.65. The first kappa shape index (κ1) is 14.2. The van der Waals surface area contributed by atoms with Crippen molar-refractivity contribution in [3.63, 3.8) is 0 Å². The highest BCUT2D eigenvalue weighted by atomic mass is 16.5. The molecule has 8 heteroatoms. The van der Waals surface area contributed by atoms with Crippen molar-refractivity contribution < 1.29 is 9.53 Å². The van der Waals surface area contributed by atoms with E-state index in [1.54, 1.807) is 18.2 Å². The van der Waals surface area contributed by atoms with Gasteiger partial charge >= 0.3 is 5.97 Å². The SMILES string of the molecule is COC(=O)c1ccc(NC=C(C#N)c2nn[nH]n2)c(C)c1. The summed E-state index contributed by atoms with van der Waals surface area (Å²) in [7, 11) is 1.33. The number of hydrogen-bond acceptors (Lipinski definition) is 7. The van der Waals surface area contributed by atoms with Crippen LogP contribution in [0.15, 0.2) is 24.4 Å². The molecule has 0 fully saturated rings. The molecule has 106 valence electrons. The molecule has 21 heavy (non-hydrogen) atoms. The van der Waals surface area contributed by atoms with E-state index in [1.165, 1.54) is 13.3 Å². The maximum atomic E-state index is 11.4. The molecule has 0 amide bonds. The standard InChI is InChI=1S/C13H12N6O2/c1-8-5-9(13(20)21-2)3-4-11(8)15-7-10(6-14)12-16-18-19-17-12/h3-5,7,15H,1-2H3,(H,16,17,18,19). The Hall–Kier alpha value is -3.21. The zero-order valence-electron chi connectivity index (χ0n) is 11.4. The first-order chi connectivity index (χ1) is 10.2. The summed E-state index contributed by atoms with van der Waals surface area (Å²) in [5.74, 6) is -0.196. The van der Waals surface area contributed by atoms with E-state index in [1.807, 2.05) is 13.0 Å². The predicted molar refractivity (Wildman–Crippen MR) is 73.9 cm³/mol. The van der Waals surface area contributed by atoms with Gasteiger partial charge in [0.1, 0.15) is 11.6 Å². The molecule has 2 N–H and O–H groups in total. The third-order valence-electron chi connectivity index (χ3n) is 2.73. The van der Waals surface area contributed by atoms with Crippen molar-refractivity contribution in [3.8, 4) is 6.07 Å². The van der Waals surface area contributed by atoms with Crippen molar-refractivity contribution in [2.75, 3.05) is 12.4 Å². The Kier molecular flexibility index (Phi) is 4.26. The van der Waals surface area contributed by atoms with Gasteiger partial charge in [-0.15, -0.1) is 10.2 Å². The Morgan fingerprint density at radius 1 is 1.52 bits per heavy atom. The maximum absolute atomic E-state index is 11.4. The molecule has 0 radical (unpaired) electrons. The van der Waals surface area contributed by atoms with E-state index in [9.17, 15) is 4.79 Å². The second-order valence-electron chi connectivity index (χ2n) is 4.07. The first-order valence-electron chi connectivity index (χ1n) is 5.95. The number of nitrogens with zero attached hydrogens (tertiary/aromatic N) is 4. The number of methoxy groups -OCH3 is 1. The van der Waals surface area contributed by atoms with Gasteiger partial charge in [-0.25, -0.2) is 4.79 Å². The molecular formula is C13H12N6O2. The minimum atomic E-state index is -0.398.